The number of rotatable bonds is 2. The summed E-state index contributed by atoms with van der Waals surface area (Å²) < 4.78 is 1.82. The van der Waals surface area contributed by atoms with Crippen molar-refractivity contribution >= 4 is 16.7 Å². The Balaban J connectivity index is 1.91. The van der Waals surface area contributed by atoms with E-state index in [0.717, 1.165) is 30.7 Å². The monoisotopic (exact) mass is 245 g/mol. The molecule has 96 valence electrons. The largest absolute Gasteiger partial charge is 0.370 e. The SMILES string of the molecule is Cn1nnc2c(N3CCC(CN)CC3)cccc21. The third-order valence-electron chi connectivity index (χ3n) is 3.91. The second-order valence-corrected chi connectivity index (χ2v) is 5.02. The van der Waals surface area contributed by atoms with Gasteiger partial charge in [-0.1, -0.05) is 11.3 Å². The molecule has 18 heavy (non-hydrogen) atoms. The summed E-state index contributed by atoms with van der Waals surface area (Å²) >= 11 is 0. The van der Waals surface area contributed by atoms with E-state index in [4.69, 9.17) is 5.73 Å². The second kappa shape index (κ2) is 4.57. The molecule has 0 spiro atoms. The lowest BCUT2D eigenvalue weighted by molar-refractivity contribution is 0.415. The van der Waals surface area contributed by atoms with Crippen molar-refractivity contribution in [2.75, 3.05) is 24.5 Å². The fraction of sp³-hybridized carbons (Fsp3) is 0.538. The minimum Gasteiger partial charge on any atom is -0.370 e. The smallest absolute Gasteiger partial charge is 0.136 e. The lowest BCUT2D eigenvalue weighted by Crippen LogP contribution is -2.36. The van der Waals surface area contributed by atoms with Gasteiger partial charge in [0, 0.05) is 20.1 Å². The van der Waals surface area contributed by atoms with Crippen molar-refractivity contribution in [1.82, 2.24) is 15.0 Å². The highest BCUT2D eigenvalue weighted by Crippen LogP contribution is 2.28. The molecule has 0 unspecified atom stereocenters. The van der Waals surface area contributed by atoms with Crippen LogP contribution in [-0.2, 0) is 7.05 Å². The highest BCUT2D eigenvalue weighted by atomic mass is 15.4. The Morgan fingerprint density at radius 3 is 2.83 bits per heavy atom. The molecule has 1 fully saturated rings. The number of hydrogen-bond donors (Lipinski definition) is 1. The van der Waals surface area contributed by atoms with E-state index in [-0.39, 0.29) is 0 Å². The molecule has 2 aromatic rings. The zero-order chi connectivity index (χ0) is 12.5. The molecule has 5 heteroatoms. The second-order valence-electron chi connectivity index (χ2n) is 5.02. The molecular weight excluding hydrogens is 226 g/mol. The fourth-order valence-electron chi connectivity index (χ4n) is 2.71. The fourth-order valence-corrected chi connectivity index (χ4v) is 2.71. The average Bonchev–Trinajstić information content (AvgIpc) is 2.81. The first kappa shape index (κ1) is 11.5. The molecular formula is C13H19N5. The van der Waals surface area contributed by atoms with Crippen LogP contribution in [0, 0.1) is 5.92 Å². The third-order valence-corrected chi connectivity index (χ3v) is 3.91. The molecule has 0 aliphatic carbocycles. The predicted octanol–water partition coefficient (Wildman–Crippen LogP) is 1.14. The molecule has 0 radical (unpaired) electrons. The molecule has 0 saturated carbocycles. The summed E-state index contributed by atoms with van der Waals surface area (Å²) in [7, 11) is 1.93. The van der Waals surface area contributed by atoms with Crippen molar-refractivity contribution in [3.05, 3.63) is 18.2 Å². The molecule has 5 nitrogen and oxygen atoms in total. The quantitative estimate of drug-likeness (QED) is 0.862. The first-order chi connectivity index (χ1) is 8.79. The Hall–Kier alpha value is -1.62. The van der Waals surface area contributed by atoms with Gasteiger partial charge < -0.3 is 10.6 Å². The van der Waals surface area contributed by atoms with E-state index < -0.39 is 0 Å². The van der Waals surface area contributed by atoms with Gasteiger partial charge in [0.25, 0.3) is 0 Å². The summed E-state index contributed by atoms with van der Waals surface area (Å²) in [5, 5.41) is 8.38. The summed E-state index contributed by atoms with van der Waals surface area (Å²) in [5.74, 6) is 0.683. The van der Waals surface area contributed by atoms with Gasteiger partial charge in [0.2, 0.25) is 0 Å². The number of hydrogen-bond acceptors (Lipinski definition) is 4. The molecule has 0 amide bonds. The topological polar surface area (TPSA) is 60.0 Å². The molecule has 1 aliphatic rings. The van der Waals surface area contributed by atoms with Crippen molar-refractivity contribution in [2.45, 2.75) is 12.8 Å². The van der Waals surface area contributed by atoms with Gasteiger partial charge in [-0.15, -0.1) is 5.10 Å². The van der Waals surface area contributed by atoms with Crippen LogP contribution in [0.15, 0.2) is 18.2 Å². The van der Waals surface area contributed by atoms with Crippen LogP contribution in [0.2, 0.25) is 0 Å². The molecule has 1 aliphatic heterocycles. The summed E-state index contributed by atoms with van der Waals surface area (Å²) in [5.41, 5.74) is 9.04. The van der Waals surface area contributed by atoms with Gasteiger partial charge in [-0.05, 0) is 37.4 Å². The Morgan fingerprint density at radius 2 is 2.11 bits per heavy atom. The van der Waals surface area contributed by atoms with Crippen LogP contribution in [0.5, 0.6) is 0 Å². The number of aromatic nitrogens is 3. The number of anilines is 1. The minimum atomic E-state index is 0.683. The normalized spacial score (nSPS) is 17.6. The van der Waals surface area contributed by atoms with Gasteiger partial charge in [0.15, 0.2) is 0 Å². The van der Waals surface area contributed by atoms with E-state index in [0.29, 0.717) is 5.92 Å². The molecule has 1 aromatic heterocycles. The maximum atomic E-state index is 5.74. The van der Waals surface area contributed by atoms with Crippen LogP contribution >= 0.6 is 0 Å². The maximum absolute atomic E-state index is 5.74. The summed E-state index contributed by atoms with van der Waals surface area (Å²) in [4.78, 5) is 2.41. The van der Waals surface area contributed by atoms with Gasteiger partial charge >= 0.3 is 0 Å². The Morgan fingerprint density at radius 1 is 1.33 bits per heavy atom. The van der Waals surface area contributed by atoms with Crippen molar-refractivity contribution in [2.24, 2.45) is 18.7 Å². The van der Waals surface area contributed by atoms with Gasteiger partial charge in [0.1, 0.15) is 5.52 Å². The van der Waals surface area contributed by atoms with Crippen LogP contribution in [0.1, 0.15) is 12.8 Å². The van der Waals surface area contributed by atoms with E-state index >= 15 is 0 Å². The number of nitrogens with zero attached hydrogens (tertiary/aromatic N) is 4. The van der Waals surface area contributed by atoms with Gasteiger partial charge in [-0.25, -0.2) is 4.68 Å². The van der Waals surface area contributed by atoms with Crippen LogP contribution in [0.25, 0.3) is 11.0 Å². The highest BCUT2D eigenvalue weighted by molar-refractivity contribution is 5.88. The van der Waals surface area contributed by atoms with E-state index in [1.807, 2.05) is 11.7 Å². The van der Waals surface area contributed by atoms with E-state index in [2.05, 4.69) is 33.4 Å². The van der Waals surface area contributed by atoms with Gasteiger partial charge in [0.05, 0.1) is 11.2 Å². The Labute approximate surface area is 107 Å². The molecule has 1 saturated heterocycles. The maximum Gasteiger partial charge on any atom is 0.136 e. The number of benzene rings is 1. The minimum absolute atomic E-state index is 0.683. The zero-order valence-electron chi connectivity index (χ0n) is 10.7. The Bertz CT molecular complexity index is 539. The number of piperidine rings is 1. The molecule has 2 N–H and O–H groups in total. The number of nitrogens with two attached hydrogens (primary N) is 1. The van der Waals surface area contributed by atoms with Crippen LogP contribution in [0.3, 0.4) is 0 Å². The van der Waals surface area contributed by atoms with Crippen molar-refractivity contribution in [1.29, 1.82) is 0 Å². The summed E-state index contributed by atoms with van der Waals surface area (Å²) in [6.45, 7) is 2.94. The molecule has 0 bridgehead atoms. The predicted molar refractivity (Wildman–Crippen MR) is 72.5 cm³/mol. The Kier molecular flexibility index (Phi) is 2.91. The van der Waals surface area contributed by atoms with E-state index in [1.54, 1.807) is 0 Å². The van der Waals surface area contributed by atoms with Crippen molar-refractivity contribution in [3.8, 4) is 0 Å². The lowest BCUT2D eigenvalue weighted by atomic mass is 9.96. The molecule has 1 aromatic carbocycles. The van der Waals surface area contributed by atoms with E-state index in [1.165, 1.54) is 18.5 Å². The van der Waals surface area contributed by atoms with Crippen LogP contribution in [-0.4, -0.2) is 34.6 Å². The van der Waals surface area contributed by atoms with Crippen LogP contribution < -0.4 is 10.6 Å². The molecule has 0 atom stereocenters. The van der Waals surface area contributed by atoms with Gasteiger partial charge in [-0.2, -0.15) is 0 Å². The lowest BCUT2D eigenvalue weighted by Gasteiger charge is -2.33. The average molecular weight is 245 g/mol. The van der Waals surface area contributed by atoms with Crippen LogP contribution in [0.4, 0.5) is 5.69 Å². The zero-order valence-corrected chi connectivity index (χ0v) is 10.7. The molecule has 3 rings (SSSR count). The molecule has 2 heterocycles. The van der Waals surface area contributed by atoms with Crippen molar-refractivity contribution in [3.63, 3.8) is 0 Å². The first-order valence-electron chi connectivity index (χ1n) is 6.53. The highest BCUT2D eigenvalue weighted by Gasteiger charge is 2.20. The van der Waals surface area contributed by atoms with Gasteiger partial charge in [-0.3, -0.25) is 0 Å². The third kappa shape index (κ3) is 1.84. The standard InChI is InChI=1S/C13H19N5/c1-17-11-3-2-4-12(13(11)15-16-17)18-7-5-10(9-14)6-8-18/h2-4,10H,5-9,14H2,1H3. The number of aryl methyl sites for hydroxylation is 1. The summed E-state index contributed by atoms with van der Waals surface area (Å²) in [6, 6.07) is 6.28. The van der Waals surface area contributed by atoms with E-state index in [9.17, 15) is 0 Å². The first-order valence-corrected chi connectivity index (χ1v) is 6.53. The summed E-state index contributed by atoms with van der Waals surface area (Å²) in [6.07, 6.45) is 2.35. The number of fused-ring (bicyclic) bond motifs is 1. The van der Waals surface area contributed by atoms with Crippen molar-refractivity contribution < 1.29 is 0 Å².